The maximum absolute atomic E-state index is 12.6. The minimum absolute atomic E-state index is 0.0992. The second kappa shape index (κ2) is 10.7. The smallest absolute Gasteiger partial charge is 0.261 e. The van der Waals surface area contributed by atoms with E-state index in [1.54, 1.807) is 38.3 Å². The van der Waals surface area contributed by atoms with Gasteiger partial charge in [0.15, 0.2) is 6.61 Å². The summed E-state index contributed by atoms with van der Waals surface area (Å²) in [5.74, 6) is 0.826. The van der Waals surface area contributed by atoms with Gasteiger partial charge in [-0.15, -0.1) is 0 Å². The van der Waals surface area contributed by atoms with Crippen LogP contribution in [0, 0.1) is 6.92 Å². The number of hydrogen-bond acceptors (Lipinski definition) is 6. The number of sulfonamides is 1. The van der Waals surface area contributed by atoms with E-state index in [0.29, 0.717) is 35.9 Å². The van der Waals surface area contributed by atoms with Crippen LogP contribution in [0.2, 0.25) is 0 Å². The number of aryl methyl sites for hydroxylation is 1. The van der Waals surface area contributed by atoms with Gasteiger partial charge in [-0.25, -0.2) is 8.42 Å². The molecule has 0 saturated carbocycles. The van der Waals surface area contributed by atoms with Gasteiger partial charge in [-0.2, -0.15) is 0 Å². The second-order valence-corrected chi connectivity index (χ2v) is 7.93. The summed E-state index contributed by atoms with van der Waals surface area (Å²) in [6.07, 6.45) is 0.717. The van der Waals surface area contributed by atoms with Crippen molar-refractivity contribution in [2.24, 2.45) is 0 Å². The molecule has 0 aliphatic rings. The highest BCUT2D eigenvalue weighted by Gasteiger charge is 2.16. The Labute approximate surface area is 171 Å². The SMILES string of the molecule is COCCCNC(=O)COc1ccc(S(=O)(=O)Nc2ccc(OC)cc2)cc1C. The number of ether oxygens (including phenoxy) is 3. The van der Waals surface area contributed by atoms with Crippen LogP contribution in [0.3, 0.4) is 0 Å². The molecule has 8 nitrogen and oxygen atoms in total. The minimum Gasteiger partial charge on any atom is -0.497 e. The standard InChI is InChI=1S/C20H26N2O6S/c1-15-13-18(29(24,25)22-16-5-7-17(27-3)8-6-16)9-10-19(15)28-14-20(23)21-11-4-12-26-2/h5-10,13,22H,4,11-12,14H2,1-3H3,(H,21,23). The van der Waals surface area contributed by atoms with E-state index in [2.05, 4.69) is 10.0 Å². The monoisotopic (exact) mass is 422 g/mol. The molecule has 2 aromatic rings. The number of anilines is 1. The molecule has 1 amide bonds. The summed E-state index contributed by atoms with van der Waals surface area (Å²) in [6.45, 7) is 2.65. The molecular weight excluding hydrogens is 396 g/mol. The molecule has 29 heavy (non-hydrogen) atoms. The molecule has 0 saturated heterocycles. The predicted octanol–water partition coefficient (Wildman–Crippen LogP) is 2.34. The molecule has 0 aliphatic carbocycles. The molecule has 0 aromatic heterocycles. The number of carbonyl (C=O) groups excluding carboxylic acids is 1. The first-order valence-corrected chi connectivity index (χ1v) is 10.5. The highest BCUT2D eigenvalue weighted by atomic mass is 32.2. The van der Waals surface area contributed by atoms with E-state index in [9.17, 15) is 13.2 Å². The van der Waals surface area contributed by atoms with Crippen LogP contribution in [0.4, 0.5) is 5.69 Å². The van der Waals surface area contributed by atoms with Crippen LogP contribution >= 0.6 is 0 Å². The van der Waals surface area contributed by atoms with Crippen LogP contribution in [0.25, 0.3) is 0 Å². The van der Waals surface area contributed by atoms with Gasteiger partial charge < -0.3 is 19.5 Å². The summed E-state index contributed by atoms with van der Waals surface area (Å²) in [6, 6.07) is 11.0. The van der Waals surface area contributed by atoms with Crippen molar-refractivity contribution in [1.82, 2.24) is 5.32 Å². The molecule has 9 heteroatoms. The summed E-state index contributed by atoms with van der Waals surface area (Å²) >= 11 is 0. The van der Waals surface area contributed by atoms with Crippen molar-refractivity contribution in [1.29, 1.82) is 0 Å². The first-order chi connectivity index (χ1) is 13.9. The third-order valence-corrected chi connectivity index (χ3v) is 5.38. The van der Waals surface area contributed by atoms with E-state index in [0.717, 1.165) is 6.42 Å². The molecule has 2 aromatic carbocycles. The Bertz CT molecular complexity index is 913. The summed E-state index contributed by atoms with van der Waals surface area (Å²) in [4.78, 5) is 11.9. The van der Waals surface area contributed by atoms with Gasteiger partial charge >= 0.3 is 0 Å². The highest BCUT2D eigenvalue weighted by Crippen LogP contribution is 2.24. The third-order valence-electron chi connectivity index (χ3n) is 4.01. The number of benzene rings is 2. The summed E-state index contributed by atoms with van der Waals surface area (Å²) in [7, 11) is -0.619. The van der Waals surface area contributed by atoms with Gasteiger partial charge in [-0.3, -0.25) is 9.52 Å². The number of amides is 1. The quantitative estimate of drug-likeness (QED) is 0.539. The van der Waals surface area contributed by atoms with E-state index < -0.39 is 10.0 Å². The van der Waals surface area contributed by atoms with Crippen molar-refractivity contribution in [2.45, 2.75) is 18.2 Å². The molecule has 2 N–H and O–H groups in total. The molecule has 0 atom stereocenters. The fraction of sp³-hybridized carbons (Fsp3) is 0.350. The maximum Gasteiger partial charge on any atom is 0.261 e. The second-order valence-electron chi connectivity index (χ2n) is 6.25. The van der Waals surface area contributed by atoms with E-state index in [1.165, 1.54) is 25.3 Å². The summed E-state index contributed by atoms with van der Waals surface area (Å²) < 4.78 is 43.2. The zero-order chi connectivity index (χ0) is 21.3. The molecule has 0 heterocycles. The van der Waals surface area contributed by atoms with E-state index in [-0.39, 0.29) is 17.4 Å². The molecule has 0 fully saturated rings. The fourth-order valence-electron chi connectivity index (χ4n) is 2.46. The first-order valence-electron chi connectivity index (χ1n) is 9.01. The summed E-state index contributed by atoms with van der Waals surface area (Å²) in [5, 5.41) is 2.72. The molecule has 0 spiro atoms. The lowest BCUT2D eigenvalue weighted by atomic mass is 10.2. The largest absolute Gasteiger partial charge is 0.497 e. The van der Waals surface area contributed by atoms with Gasteiger partial charge in [0.25, 0.3) is 15.9 Å². The normalized spacial score (nSPS) is 11.0. The molecule has 0 bridgehead atoms. The first kappa shape index (κ1) is 22.5. The van der Waals surface area contributed by atoms with Crippen molar-refractivity contribution in [2.75, 3.05) is 38.7 Å². The Morgan fingerprint density at radius 2 is 1.79 bits per heavy atom. The van der Waals surface area contributed by atoms with E-state index >= 15 is 0 Å². The van der Waals surface area contributed by atoms with Crippen molar-refractivity contribution < 1.29 is 27.4 Å². The van der Waals surface area contributed by atoms with Crippen molar-refractivity contribution in [3.8, 4) is 11.5 Å². The lowest BCUT2D eigenvalue weighted by Gasteiger charge is -2.12. The van der Waals surface area contributed by atoms with Crippen LogP contribution in [-0.2, 0) is 19.6 Å². The van der Waals surface area contributed by atoms with Gasteiger partial charge in [-0.05, 0) is 61.4 Å². The molecule has 2 rings (SSSR count). The number of nitrogens with one attached hydrogen (secondary N) is 2. The fourth-order valence-corrected chi connectivity index (χ4v) is 3.61. The number of carbonyl (C=O) groups is 1. The Morgan fingerprint density at radius 1 is 1.07 bits per heavy atom. The van der Waals surface area contributed by atoms with Crippen molar-refractivity contribution >= 4 is 21.6 Å². The Kier molecular flexibility index (Phi) is 8.29. The van der Waals surface area contributed by atoms with Gasteiger partial charge in [0.1, 0.15) is 11.5 Å². The van der Waals surface area contributed by atoms with Gasteiger partial charge in [0, 0.05) is 25.9 Å². The number of hydrogen-bond donors (Lipinski definition) is 2. The lowest BCUT2D eigenvalue weighted by Crippen LogP contribution is -2.30. The molecule has 0 radical (unpaired) electrons. The van der Waals surface area contributed by atoms with E-state index in [4.69, 9.17) is 14.2 Å². The van der Waals surface area contributed by atoms with Gasteiger partial charge in [0.05, 0.1) is 12.0 Å². The van der Waals surface area contributed by atoms with Gasteiger partial charge in [0.2, 0.25) is 0 Å². The maximum atomic E-state index is 12.6. The van der Waals surface area contributed by atoms with Crippen LogP contribution in [-0.4, -0.2) is 48.3 Å². The van der Waals surface area contributed by atoms with Crippen LogP contribution < -0.4 is 19.5 Å². The molecule has 158 valence electrons. The number of rotatable bonds is 11. The van der Waals surface area contributed by atoms with Crippen LogP contribution in [0.1, 0.15) is 12.0 Å². The lowest BCUT2D eigenvalue weighted by molar-refractivity contribution is -0.123. The Balaban J connectivity index is 1.97. The number of methoxy groups -OCH3 is 2. The van der Waals surface area contributed by atoms with E-state index in [1.807, 2.05) is 0 Å². The Hall–Kier alpha value is -2.78. The Morgan fingerprint density at radius 3 is 2.41 bits per heavy atom. The zero-order valence-electron chi connectivity index (χ0n) is 16.7. The topological polar surface area (TPSA) is 103 Å². The molecule has 0 aliphatic heterocycles. The third kappa shape index (κ3) is 6.95. The average molecular weight is 423 g/mol. The predicted molar refractivity (Wildman–Crippen MR) is 110 cm³/mol. The minimum atomic E-state index is -3.76. The van der Waals surface area contributed by atoms with Crippen LogP contribution in [0.5, 0.6) is 11.5 Å². The molecule has 0 unspecified atom stereocenters. The van der Waals surface area contributed by atoms with Crippen molar-refractivity contribution in [3.63, 3.8) is 0 Å². The zero-order valence-corrected chi connectivity index (χ0v) is 17.5. The van der Waals surface area contributed by atoms with Crippen molar-refractivity contribution in [3.05, 3.63) is 48.0 Å². The summed E-state index contributed by atoms with van der Waals surface area (Å²) in [5.41, 5.74) is 1.03. The van der Waals surface area contributed by atoms with Crippen LogP contribution in [0.15, 0.2) is 47.4 Å². The highest BCUT2D eigenvalue weighted by molar-refractivity contribution is 7.92. The molecular formula is C20H26N2O6S. The van der Waals surface area contributed by atoms with Gasteiger partial charge in [-0.1, -0.05) is 0 Å². The average Bonchev–Trinajstić information content (AvgIpc) is 2.70.